The molecule has 0 aliphatic carbocycles. The first-order valence-corrected chi connectivity index (χ1v) is 7.84. The lowest BCUT2D eigenvalue weighted by atomic mass is 10.1. The largest absolute Gasteiger partial charge is 0.367 e. The van der Waals surface area contributed by atoms with Crippen LogP contribution >= 0.6 is 23.1 Å². The van der Waals surface area contributed by atoms with E-state index in [0.717, 1.165) is 17.1 Å². The number of anilines is 1. The number of rotatable bonds is 2. The van der Waals surface area contributed by atoms with Crippen LogP contribution in [-0.2, 0) is 4.74 Å². The Kier molecular flexibility index (Phi) is 4.11. The number of halogens is 1. The van der Waals surface area contributed by atoms with Crippen LogP contribution in [0.15, 0.2) is 30.3 Å². The summed E-state index contributed by atoms with van der Waals surface area (Å²) < 4.78 is 10.1. The zero-order chi connectivity index (χ0) is 14.8. The van der Waals surface area contributed by atoms with Crippen molar-refractivity contribution in [1.29, 1.82) is 5.26 Å². The molecule has 0 saturated carbocycles. The van der Waals surface area contributed by atoms with Crippen LogP contribution in [0.25, 0.3) is 0 Å². The highest BCUT2D eigenvalue weighted by molar-refractivity contribution is 7.10. The lowest BCUT2D eigenvalue weighted by Gasteiger charge is -2.37. The van der Waals surface area contributed by atoms with Crippen LogP contribution in [0.3, 0.4) is 0 Å². The average molecular weight is 320 g/mol. The molecule has 1 aromatic heterocycles. The lowest BCUT2D eigenvalue weighted by Crippen LogP contribution is -2.42. The van der Waals surface area contributed by atoms with Gasteiger partial charge in [0, 0.05) is 13.1 Å². The molecule has 2 heterocycles. The third-order valence-electron chi connectivity index (χ3n) is 3.46. The van der Waals surface area contributed by atoms with Gasteiger partial charge in [-0.3, -0.25) is 0 Å². The molecule has 6 heteroatoms. The molecule has 0 N–H and O–H groups in total. The van der Waals surface area contributed by atoms with Crippen molar-refractivity contribution in [3.8, 4) is 6.07 Å². The SMILES string of the molecule is C[C@H]1CN(c2snc(Cl)c2C#N)C[C@H](c2ccccc2)O1. The Morgan fingerprint density at radius 2 is 2.14 bits per heavy atom. The highest BCUT2D eigenvalue weighted by atomic mass is 35.5. The van der Waals surface area contributed by atoms with Gasteiger partial charge in [-0.1, -0.05) is 41.9 Å². The Balaban J connectivity index is 1.88. The van der Waals surface area contributed by atoms with Crippen molar-refractivity contribution in [1.82, 2.24) is 4.37 Å². The summed E-state index contributed by atoms with van der Waals surface area (Å²) in [6.07, 6.45) is 0.0683. The summed E-state index contributed by atoms with van der Waals surface area (Å²) in [4.78, 5) is 2.15. The average Bonchev–Trinajstić information content (AvgIpc) is 2.88. The van der Waals surface area contributed by atoms with Gasteiger partial charge in [0.1, 0.15) is 22.7 Å². The maximum atomic E-state index is 9.24. The van der Waals surface area contributed by atoms with Crippen molar-refractivity contribution < 1.29 is 4.74 Å². The number of nitrogens with zero attached hydrogens (tertiary/aromatic N) is 3. The van der Waals surface area contributed by atoms with E-state index in [1.807, 2.05) is 25.1 Å². The molecule has 3 rings (SSSR count). The second kappa shape index (κ2) is 6.02. The second-order valence-corrected chi connectivity index (χ2v) is 6.13. The molecule has 108 valence electrons. The summed E-state index contributed by atoms with van der Waals surface area (Å²) >= 11 is 7.25. The number of morpholine rings is 1. The third-order valence-corrected chi connectivity index (χ3v) is 4.75. The van der Waals surface area contributed by atoms with E-state index < -0.39 is 0 Å². The smallest absolute Gasteiger partial charge is 0.162 e. The number of ether oxygens (including phenoxy) is 1. The van der Waals surface area contributed by atoms with Crippen molar-refractivity contribution in [3.05, 3.63) is 46.6 Å². The fourth-order valence-corrected chi connectivity index (χ4v) is 3.59. The lowest BCUT2D eigenvalue weighted by molar-refractivity contribution is -0.0171. The van der Waals surface area contributed by atoms with E-state index in [1.165, 1.54) is 11.5 Å². The van der Waals surface area contributed by atoms with Crippen molar-refractivity contribution in [2.45, 2.75) is 19.1 Å². The Morgan fingerprint density at radius 1 is 1.38 bits per heavy atom. The second-order valence-electron chi connectivity index (χ2n) is 5.02. The maximum absolute atomic E-state index is 9.24. The van der Waals surface area contributed by atoms with Gasteiger partial charge >= 0.3 is 0 Å². The van der Waals surface area contributed by atoms with E-state index in [2.05, 4.69) is 27.5 Å². The molecule has 0 unspecified atom stereocenters. The van der Waals surface area contributed by atoms with Crippen molar-refractivity contribution in [3.63, 3.8) is 0 Å². The summed E-state index contributed by atoms with van der Waals surface area (Å²) in [5.74, 6) is 0. The number of hydrogen-bond donors (Lipinski definition) is 0. The first-order chi connectivity index (χ1) is 10.2. The van der Waals surface area contributed by atoms with Crippen molar-refractivity contribution in [2.24, 2.45) is 0 Å². The molecule has 1 saturated heterocycles. The highest BCUT2D eigenvalue weighted by Crippen LogP contribution is 2.35. The highest BCUT2D eigenvalue weighted by Gasteiger charge is 2.29. The van der Waals surface area contributed by atoms with Crippen molar-refractivity contribution in [2.75, 3.05) is 18.0 Å². The van der Waals surface area contributed by atoms with Crippen LogP contribution in [0.4, 0.5) is 5.00 Å². The Labute approximate surface area is 132 Å². The zero-order valence-electron chi connectivity index (χ0n) is 11.5. The fourth-order valence-electron chi connectivity index (χ4n) is 2.54. The molecule has 0 radical (unpaired) electrons. The van der Waals surface area contributed by atoms with Gasteiger partial charge < -0.3 is 9.64 Å². The van der Waals surface area contributed by atoms with E-state index in [4.69, 9.17) is 16.3 Å². The molecule has 2 atom stereocenters. The standard InChI is InChI=1S/C15H14ClN3OS/c1-10-8-19(15-12(7-17)14(16)18-21-15)9-13(20-10)11-5-3-2-4-6-11/h2-6,10,13H,8-9H2,1H3/t10-,13+/m0/s1. The topological polar surface area (TPSA) is 49.2 Å². The molecule has 4 nitrogen and oxygen atoms in total. The molecule has 0 spiro atoms. The van der Waals surface area contributed by atoms with Crippen LogP contribution in [0, 0.1) is 11.3 Å². The number of aromatic nitrogens is 1. The van der Waals surface area contributed by atoms with Gasteiger partial charge in [-0.05, 0) is 24.0 Å². The van der Waals surface area contributed by atoms with Gasteiger partial charge in [0.15, 0.2) is 5.15 Å². The molecule has 2 aromatic rings. The van der Waals surface area contributed by atoms with Gasteiger partial charge in [0.25, 0.3) is 0 Å². The molecular weight excluding hydrogens is 306 g/mol. The minimum atomic E-state index is -0.0117. The summed E-state index contributed by atoms with van der Waals surface area (Å²) in [6.45, 7) is 3.47. The van der Waals surface area contributed by atoms with Gasteiger partial charge in [0.2, 0.25) is 0 Å². The third kappa shape index (κ3) is 2.88. The molecule has 0 bridgehead atoms. The van der Waals surface area contributed by atoms with Crippen LogP contribution in [0.5, 0.6) is 0 Å². The van der Waals surface area contributed by atoms with Crippen LogP contribution < -0.4 is 4.90 Å². The molecular formula is C15H14ClN3OS. The van der Waals surface area contributed by atoms with Gasteiger partial charge in [-0.25, -0.2) is 0 Å². The predicted octanol–water partition coefficient (Wildman–Crippen LogP) is 3.63. The summed E-state index contributed by atoms with van der Waals surface area (Å²) in [5, 5.41) is 10.4. The number of benzene rings is 1. The van der Waals surface area contributed by atoms with E-state index in [-0.39, 0.29) is 17.4 Å². The van der Waals surface area contributed by atoms with Crippen molar-refractivity contribution >= 4 is 28.1 Å². The van der Waals surface area contributed by atoms with Gasteiger partial charge in [-0.15, -0.1) is 0 Å². The van der Waals surface area contributed by atoms with Crippen LogP contribution in [0.1, 0.15) is 24.2 Å². The van der Waals surface area contributed by atoms with E-state index in [0.29, 0.717) is 12.1 Å². The summed E-state index contributed by atoms with van der Waals surface area (Å²) in [6, 6.07) is 12.3. The minimum absolute atomic E-state index is 0.0117. The Morgan fingerprint density at radius 3 is 2.86 bits per heavy atom. The normalized spacial score (nSPS) is 22.0. The number of nitriles is 1. The minimum Gasteiger partial charge on any atom is -0.367 e. The van der Waals surface area contributed by atoms with E-state index in [1.54, 1.807) is 0 Å². The van der Waals surface area contributed by atoms with Gasteiger partial charge in [0.05, 0.1) is 6.10 Å². The Bertz CT molecular complexity index is 667. The van der Waals surface area contributed by atoms with E-state index >= 15 is 0 Å². The Hall–Kier alpha value is -1.61. The van der Waals surface area contributed by atoms with Gasteiger partial charge in [-0.2, -0.15) is 9.64 Å². The number of hydrogen-bond acceptors (Lipinski definition) is 5. The molecule has 21 heavy (non-hydrogen) atoms. The maximum Gasteiger partial charge on any atom is 0.162 e. The molecule has 1 aromatic carbocycles. The first kappa shape index (κ1) is 14.3. The predicted molar refractivity (Wildman–Crippen MR) is 83.8 cm³/mol. The van der Waals surface area contributed by atoms with Crippen LogP contribution in [-0.4, -0.2) is 23.6 Å². The molecule has 0 amide bonds. The fraction of sp³-hybridized carbons (Fsp3) is 0.333. The first-order valence-electron chi connectivity index (χ1n) is 6.69. The molecule has 1 aliphatic heterocycles. The van der Waals surface area contributed by atoms with E-state index in [9.17, 15) is 5.26 Å². The summed E-state index contributed by atoms with van der Waals surface area (Å²) in [5.41, 5.74) is 1.60. The quantitative estimate of drug-likeness (QED) is 0.848. The zero-order valence-corrected chi connectivity index (χ0v) is 13.1. The molecule has 1 fully saturated rings. The summed E-state index contributed by atoms with van der Waals surface area (Å²) in [7, 11) is 0. The van der Waals surface area contributed by atoms with Crippen LogP contribution in [0.2, 0.25) is 5.15 Å². The molecule has 1 aliphatic rings. The monoisotopic (exact) mass is 319 g/mol.